The fourth-order valence-electron chi connectivity index (χ4n) is 1.90. The van der Waals surface area contributed by atoms with Gasteiger partial charge in [-0.3, -0.25) is 4.79 Å². The molecule has 19 heavy (non-hydrogen) atoms. The third kappa shape index (κ3) is 8.19. The first kappa shape index (κ1) is 15.5. The first-order valence-corrected chi connectivity index (χ1v) is 7.28. The largest absolute Gasteiger partial charge is 0.360 e. The van der Waals surface area contributed by atoms with Crippen LogP contribution in [0.1, 0.15) is 64.0 Å². The van der Waals surface area contributed by atoms with E-state index in [4.69, 9.17) is 0 Å². The summed E-state index contributed by atoms with van der Waals surface area (Å²) in [4.78, 5) is 14.5. The molecule has 0 saturated carbocycles. The summed E-state index contributed by atoms with van der Waals surface area (Å²) in [7, 11) is 0. The van der Waals surface area contributed by atoms with E-state index in [0.717, 1.165) is 18.5 Å². The van der Waals surface area contributed by atoms with E-state index in [1.165, 1.54) is 32.1 Å². The van der Waals surface area contributed by atoms with E-state index in [2.05, 4.69) is 22.4 Å². The van der Waals surface area contributed by atoms with Crippen LogP contribution >= 0.6 is 0 Å². The monoisotopic (exact) mass is 263 g/mol. The zero-order chi connectivity index (χ0) is 13.8. The molecule has 0 atom stereocenters. The van der Waals surface area contributed by atoms with Crippen LogP contribution in [-0.2, 0) is 4.79 Å². The van der Waals surface area contributed by atoms with Crippen molar-refractivity contribution < 1.29 is 4.79 Å². The van der Waals surface area contributed by atoms with Crippen LogP contribution in [0.15, 0.2) is 23.4 Å². The molecule has 0 aliphatic carbocycles. The Morgan fingerprint density at radius 2 is 2.00 bits per heavy atom. The van der Waals surface area contributed by atoms with Crippen molar-refractivity contribution in [2.45, 2.75) is 58.3 Å². The van der Waals surface area contributed by atoms with Crippen molar-refractivity contribution in [2.24, 2.45) is 5.10 Å². The number of hydrogen-bond donors (Lipinski definition) is 2. The van der Waals surface area contributed by atoms with E-state index in [9.17, 15) is 4.79 Å². The van der Waals surface area contributed by atoms with Gasteiger partial charge in [0.15, 0.2) is 0 Å². The summed E-state index contributed by atoms with van der Waals surface area (Å²) in [5.41, 5.74) is 3.43. The number of unbranched alkanes of at least 4 members (excludes halogenated alkanes) is 6. The van der Waals surface area contributed by atoms with Gasteiger partial charge >= 0.3 is 0 Å². The number of amides is 1. The number of nitrogens with zero attached hydrogens (tertiary/aromatic N) is 1. The molecule has 1 aromatic heterocycles. The molecular weight excluding hydrogens is 238 g/mol. The van der Waals surface area contributed by atoms with Gasteiger partial charge < -0.3 is 4.98 Å². The van der Waals surface area contributed by atoms with E-state index in [-0.39, 0.29) is 5.91 Å². The maximum atomic E-state index is 11.5. The summed E-state index contributed by atoms with van der Waals surface area (Å²) < 4.78 is 0. The Morgan fingerprint density at radius 1 is 1.26 bits per heavy atom. The third-order valence-corrected chi connectivity index (χ3v) is 3.02. The molecule has 0 saturated heterocycles. The second-order valence-electron chi connectivity index (χ2n) is 4.79. The van der Waals surface area contributed by atoms with Crippen LogP contribution in [0.5, 0.6) is 0 Å². The van der Waals surface area contributed by atoms with Crippen LogP contribution in [0.4, 0.5) is 0 Å². The maximum absolute atomic E-state index is 11.5. The molecule has 0 aliphatic heterocycles. The van der Waals surface area contributed by atoms with E-state index < -0.39 is 0 Å². The number of aromatic nitrogens is 1. The number of hydrazone groups is 1. The minimum Gasteiger partial charge on any atom is -0.360 e. The number of rotatable bonds is 10. The second kappa shape index (κ2) is 10.4. The van der Waals surface area contributed by atoms with Crippen molar-refractivity contribution in [3.8, 4) is 0 Å². The lowest BCUT2D eigenvalue weighted by atomic mass is 10.1. The zero-order valence-corrected chi connectivity index (χ0v) is 11.8. The van der Waals surface area contributed by atoms with Crippen LogP contribution in [0.3, 0.4) is 0 Å². The van der Waals surface area contributed by atoms with Crippen molar-refractivity contribution in [3.05, 3.63) is 24.0 Å². The molecular formula is C15H25N3O. The van der Waals surface area contributed by atoms with Gasteiger partial charge in [0, 0.05) is 12.6 Å². The fraction of sp³-hybridized carbons (Fsp3) is 0.600. The molecule has 1 heterocycles. The predicted octanol–water partition coefficient (Wildman–Crippen LogP) is 3.61. The summed E-state index contributed by atoms with van der Waals surface area (Å²) in [5.74, 6) is -0.00337. The van der Waals surface area contributed by atoms with Gasteiger partial charge in [0.2, 0.25) is 5.91 Å². The van der Waals surface area contributed by atoms with Crippen molar-refractivity contribution >= 4 is 12.1 Å². The normalized spacial score (nSPS) is 11.0. The van der Waals surface area contributed by atoms with Gasteiger partial charge in [-0.15, -0.1) is 0 Å². The number of hydrogen-bond acceptors (Lipinski definition) is 2. The zero-order valence-electron chi connectivity index (χ0n) is 11.8. The molecule has 0 bridgehead atoms. The number of H-pyrrole nitrogens is 1. The van der Waals surface area contributed by atoms with E-state index in [1.54, 1.807) is 6.21 Å². The molecule has 0 fully saturated rings. The van der Waals surface area contributed by atoms with Gasteiger partial charge in [-0.2, -0.15) is 5.10 Å². The lowest BCUT2D eigenvalue weighted by Crippen LogP contribution is -2.16. The van der Waals surface area contributed by atoms with Gasteiger partial charge in [0.05, 0.1) is 11.9 Å². The fourth-order valence-corrected chi connectivity index (χ4v) is 1.90. The Morgan fingerprint density at radius 3 is 2.68 bits per heavy atom. The highest BCUT2D eigenvalue weighted by Crippen LogP contribution is 2.08. The van der Waals surface area contributed by atoms with Crippen LogP contribution in [0, 0.1) is 0 Å². The van der Waals surface area contributed by atoms with E-state index >= 15 is 0 Å². The highest BCUT2D eigenvalue weighted by atomic mass is 16.2. The minimum absolute atomic E-state index is 0.00337. The molecule has 0 radical (unpaired) electrons. The molecule has 0 unspecified atom stereocenters. The average Bonchev–Trinajstić information content (AvgIpc) is 2.91. The summed E-state index contributed by atoms with van der Waals surface area (Å²) >= 11 is 0. The van der Waals surface area contributed by atoms with Crippen molar-refractivity contribution in [2.75, 3.05) is 0 Å². The quantitative estimate of drug-likeness (QED) is 0.378. The van der Waals surface area contributed by atoms with Crippen LogP contribution < -0.4 is 5.43 Å². The van der Waals surface area contributed by atoms with E-state index in [0.29, 0.717) is 6.42 Å². The molecule has 1 amide bonds. The maximum Gasteiger partial charge on any atom is 0.240 e. The van der Waals surface area contributed by atoms with Gasteiger partial charge in [-0.25, -0.2) is 5.43 Å². The SMILES string of the molecule is CCCCCCCCCC(=O)N/N=C/c1ccc[nH]1. The van der Waals surface area contributed by atoms with Gasteiger partial charge in [-0.1, -0.05) is 45.4 Å². The first-order chi connectivity index (χ1) is 9.33. The number of carbonyl (C=O) groups is 1. The smallest absolute Gasteiger partial charge is 0.240 e. The highest BCUT2D eigenvalue weighted by Gasteiger charge is 1.99. The summed E-state index contributed by atoms with van der Waals surface area (Å²) in [6.07, 6.45) is 12.5. The molecule has 0 aliphatic rings. The average molecular weight is 263 g/mol. The Kier molecular flexibility index (Phi) is 8.43. The van der Waals surface area contributed by atoms with Crippen molar-refractivity contribution in [3.63, 3.8) is 0 Å². The van der Waals surface area contributed by atoms with E-state index in [1.807, 2.05) is 18.3 Å². The highest BCUT2D eigenvalue weighted by molar-refractivity contribution is 5.80. The standard InChI is InChI=1S/C15H25N3O/c1-2-3-4-5-6-7-8-11-15(19)18-17-13-14-10-9-12-16-14/h9-10,12-13,16H,2-8,11H2,1H3,(H,18,19)/b17-13+. The number of aromatic amines is 1. The summed E-state index contributed by atoms with van der Waals surface area (Å²) in [6.45, 7) is 2.22. The Hall–Kier alpha value is -1.58. The molecule has 0 spiro atoms. The van der Waals surface area contributed by atoms with Crippen molar-refractivity contribution in [1.82, 2.24) is 10.4 Å². The molecule has 4 nitrogen and oxygen atoms in total. The lowest BCUT2D eigenvalue weighted by molar-refractivity contribution is -0.121. The minimum atomic E-state index is -0.00337. The Balaban J connectivity index is 1.96. The Labute approximate surface area is 115 Å². The predicted molar refractivity (Wildman–Crippen MR) is 79.1 cm³/mol. The van der Waals surface area contributed by atoms with Crippen LogP contribution in [0.2, 0.25) is 0 Å². The van der Waals surface area contributed by atoms with Gasteiger partial charge in [0.25, 0.3) is 0 Å². The second-order valence-corrected chi connectivity index (χ2v) is 4.79. The first-order valence-electron chi connectivity index (χ1n) is 7.28. The van der Waals surface area contributed by atoms with Crippen LogP contribution in [-0.4, -0.2) is 17.1 Å². The molecule has 0 aromatic carbocycles. The molecule has 4 heteroatoms. The topological polar surface area (TPSA) is 57.2 Å². The van der Waals surface area contributed by atoms with Crippen LogP contribution in [0.25, 0.3) is 0 Å². The number of carbonyl (C=O) groups excluding carboxylic acids is 1. The molecule has 106 valence electrons. The Bertz CT molecular complexity index is 357. The molecule has 1 aromatic rings. The summed E-state index contributed by atoms with van der Waals surface area (Å²) in [6, 6.07) is 3.79. The number of nitrogens with one attached hydrogen (secondary N) is 2. The summed E-state index contributed by atoms with van der Waals surface area (Å²) in [5, 5.41) is 3.90. The van der Waals surface area contributed by atoms with Crippen molar-refractivity contribution in [1.29, 1.82) is 0 Å². The molecule has 1 rings (SSSR count). The molecule has 2 N–H and O–H groups in total. The van der Waals surface area contributed by atoms with Gasteiger partial charge in [-0.05, 0) is 18.6 Å². The third-order valence-electron chi connectivity index (χ3n) is 3.02. The van der Waals surface area contributed by atoms with Gasteiger partial charge in [0.1, 0.15) is 0 Å². The lowest BCUT2D eigenvalue weighted by Gasteiger charge is -2.01.